The Hall–Kier alpha value is -2.08. The molecule has 25 heavy (non-hydrogen) atoms. The second kappa shape index (κ2) is 8.34. The number of rotatable bonds is 8. The maximum Gasteiger partial charge on any atom is 0.143 e. The van der Waals surface area contributed by atoms with Gasteiger partial charge in [0, 0.05) is 17.3 Å². The van der Waals surface area contributed by atoms with E-state index in [1.165, 1.54) is 6.20 Å². The Morgan fingerprint density at radius 2 is 1.96 bits per heavy atom. The molecule has 0 radical (unpaired) electrons. The van der Waals surface area contributed by atoms with Crippen LogP contribution in [0.15, 0.2) is 30.5 Å². The first-order valence-corrected chi connectivity index (χ1v) is 8.33. The Morgan fingerprint density at radius 1 is 1.20 bits per heavy atom. The smallest absolute Gasteiger partial charge is 0.143 e. The highest BCUT2D eigenvalue weighted by Gasteiger charge is 2.22. The summed E-state index contributed by atoms with van der Waals surface area (Å²) < 4.78 is 31.9. The van der Waals surface area contributed by atoms with Crippen molar-refractivity contribution in [3.05, 3.63) is 41.9 Å². The first-order valence-electron chi connectivity index (χ1n) is 8.33. The van der Waals surface area contributed by atoms with Crippen molar-refractivity contribution < 1.29 is 13.5 Å². The average Bonchev–Trinajstić information content (AvgIpc) is 2.58. The second-order valence-corrected chi connectivity index (χ2v) is 6.99. The molecule has 2 aromatic heterocycles. The van der Waals surface area contributed by atoms with Crippen molar-refractivity contribution in [1.29, 1.82) is 0 Å². The highest BCUT2D eigenvalue weighted by molar-refractivity contribution is 5.60. The van der Waals surface area contributed by atoms with Crippen molar-refractivity contribution >= 4 is 0 Å². The summed E-state index contributed by atoms with van der Waals surface area (Å²) >= 11 is 0. The molecule has 0 unspecified atom stereocenters. The van der Waals surface area contributed by atoms with Gasteiger partial charge in [-0.15, -0.1) is 0 Å². The molecule has 2 rings (SSSR count). The zero-order valence-corrected chi connectivity index (χ0v) is 14.9. The molecule has 4 nitrogen and oxygen atoms in total. The zero-order chi connectivity index (χ0) is 18.4. The highest BCUT2D eigenvalue weighted by Crippen LogP contribution is 2.26. The predicted molar refractivity (Wildman–Crippen MR) is 94.6 cm³/mol. The van der Waals surface area contributed by atoms with Crippen LogP contribution in [0.3, 0.4) is 0 Å². The molecule has 0 amide bonds. The molecule has 0 bridgehead atoms. The van der Waals surface area contributed by atoms with Gasteiger partial charge in [0.1, 0.15) is 31.4 Å². The van der Waals surface area contributed by atoms with Crippen molar-refractivity contribution in [2.45, 2.75) is 46.1 Å². The number of nitrogens with two attached hydrogens (primary N) is 1. The van der Waals surface area contributed by atoms with Crippen molar-refractivity contribution in [3.63, 3.8) is 0 Å². The summed E-state index contributed by atoms with van der Waals surface area (Å²) in [4.78, 5) is 8.22. The van der Waals surface area contributed by atoms with Gasteiger partial charge >= 0.3 is 0 Å². The van der Waals surface area contributed by atoms with Gasteiger partial charge in [0.15, 0.2) is 0 Å². The van der Waals surface area contributed by atoms with Crippen molar-refractivity contribution in [3.8, 4) is 17.0 Å². The number of nitrogens with zero attached hydrogens (tertiary/aromatic N) is 2. The number of hydrogen-bond acceptors (Lipinski definition) is 4. The van der Waals surface area contributed by atoms with Crippen LogP contribution in [-0.2, 0) is 13.3 Å². The summed E-state index contributed by atoms with van der Waals surface area (Å²) in [6.07, 6.45) is 2.31. The summed E-state index contributed by atoms with van der Waals surface area (Å²) in [5.74, 6) is 0.822. The lowest BCUT2D eigenvalue weighted by Gasteiger charge is -2.27. The van der Waals surface area contributed by atoms with E-state index in [0.29, 0.717) is 28.6 Å². The molecule has 0 aliphatic heterocycles. The number of pyridine rings is 2. The van der Waals surface area contributed by atoms with Gasteiger partial charge in [-0.05, 0) is 43.5 Å². The van der Waals surface area contributed by atoms with E-state index in [2.05, 4.69) is 23.8 Å². The second-order valence-electron chi connectivity index (χ2n) is 6.99. The molecule has 0 aliphatic rings. The van der Waals surface area contributed by atoms with E-state index in [0.717, 1.165) is 6.42 Å². The molecule has 2 N–H and O–H groups in total. The minimum atomic E-state index is -0.754. The molecular formula is C19H25F2N3O. The van der Waals surface area contributed by atoms with E-state index in [1.54, 1.807) is 24.3 Å². The van der Waals surface area contributed by atoms with Gasteiger partial charge in [0.25, 0.3) is 0 Å². The summed E-state index contributed by atoms with van der Waals surface area (Å²) in [6.45, 7) is 4.97. The topological polar surface area (TPSA) is 61.0 Å². The van der Waals surface area contributed by atoms with E-state index < -0.39 is 18.9 Å². The molecule has 0 aliphatic carbocycles. The third kappa shape index (κ3) is 5.46. The van der Waals surface area contributed by atoms with E-state index in [9.17, 15) is 8.78 Å². The van der Waals surface area contributed by atoms with E-state index in [-0.39, 0.29) is 12.3 Å². The monoisotopic (exact) mass is 349 g/mol. The van der Waals surface area contributed by atoms with Gasteiger partial charge in [-0.25, -0.2) is 13.8 Å². The van der Waals surface area contributed by atoms with Gasteiger partial charge in [0.05, 0.1) is 11.4 Å². The van der Waals surface area contributed by atoms with Crippen LogP contribution in [0.2, 0.25) is 0 Å². The predicted octanol–water partition coefficient (Wildman–Crippen LogP) is 4.22. The summed E-state index contributed by atoms with van der Waals surface area (Å²) in [5, 5.41) is 0. The lowest BCUT2D eigenvalue weighted by Crippen LogP contribution is -2.43. The van der Waals surface area contributed by atoms with E-state index in [4.69, 9.17) is 10.5 Å². The fraction of sp³-hybridized carbons (Fsp3) is 0.474. The van der Waals surface area contributed by atoms with Crippen LogP contribution in [0.5, 0.6) is 5.75 Å². The van der Waals surface area contributed by atoms with Crippen molar-refractivity contribution in [2.75, 3.05) is 6.61 Å². The molecule has 2 heterocycles. The molecule has 6 heteroatoms. The molecule has 1 atom stereocenters. The third-order valence-corrected chi connectivity index (χ3v) is 3.74. The summed E-state index contributed by atoms with van der Waals surface area (Å²) in [5.41, 5.74) is 7.49. The van der Waals surface area contributed by atoms with Crippen LogP contribution >= 0.6 is 0 Å². The number of hydrogen-bond donors (Lipinski definition) is 1. The first kappa shape index (κ1) is 19.2. The standard InChI is InChI=1S/C19H25F2N3O/c1-13(2)9-19(3,22)12-25-18-5-4-16(24-17(18)11-21)14-6-7-23-15(8-14)10-20/h4-8,13H,9-12,22H2,1-3H3/t19-/m0/s1. The average molecular weight is 349 g/mol. The lowest BCUT2D eigenvalue weighted by molar-refractivity contribution is 0.203. The van der Waals surface area contributed by atoms with Gasteiger partial charge in [-0.1, -0.05) is 13.8 Å². The van der Waals surface area contributed by atoms with Gasteiger partial charge in [0.2, 0.25) is 0 Å². The summed E-state index contributed by atoms with van der Waals surface area (Å²) in [6, 6.07) is 6.72. The normalized spacial score (nSPS) is 13.7. The Kier molecular flexibility index (Phi) is 6.42. The lowest BCUT2D eigenvalue weighted by atomic mass is 9.93. The van der Waals surface area contributed by atoms with Crippen molar-refractivity contribution in [1.82, 2.24) is 9.97 Å². The number of halogens is 2. The molecule has 0 saturated carbocycles. The molecule has 2 aromatic rings. The van der Waals surface area contributed by atoms with Crippen LogP contribution in [0.1, 0.15) is 38.6 Å². The maximum absolute atomic E-state index is 13.4. The van der Waals surface area contributed by atoms with E-state index >= 15 is 0 Å². The molecule has 136 valence electrons. The Labute approximate surface area is 147 Å². The van der Waals surface area contributed by atoms with Crippen molar-refractivity contribution in [2.24, 2.45) is 11.7 Å². The summed E-state index contributed by atoms with van der Waals surface area (Å²) in [7, 11) is 0. The van der Waals surface area contributed by atoms with Gasteiger partial charge in [-0.2, -0.15) is 0 Å². The fourth-order valence-electron chi connectivity index (χ4n) is 2.82. The Morgan fingerprint density at radius 3 is 2.60 bits per heavy atom. The largest absolute Gasteiger partial charge is 0.490 e. The van der Waals surface area contributed by atoms with Crippen LogP contribution in [-0.4, -0.2) is 22.1 Å². The molecule has 0 saturated heterocycles. The number of aromatic nitrogens is 2. The Bertz CT molecular complexity index is 705. The van der Waals surface area contributed by atoms with Gasteiger partial charge < -0.3 is 10.5 Å². The SMILES string of the molecule is CC(C)C[C@](C)(N)COc1ccc(-c2ccnc(CF)c2)nc1CF. The number of ether oxygens (including phenoxy) is 1. The fourth-order valence-corrected chi connectivity index (χ4v) is 2.82. The van der Waals surface area contributed by atoms with Crippen LogP contribution in [0, 0.1) is 5.92 Å². The van der Waals surface area contributed by atoms with Crippen LogP contribution < -0.4 is 10.5 Å². The molecule has 0 aromatic carbocycles. The Balaban J connectivity index is 2.19. The number of alkyl halides is 2. The minimum Gasteiger partial charge on any atom is -0.490 e. The third-order valence-electron chi connectivity index (χ3n) is 3.74. The van der Waals surface area contributed by atoms with Crippen LogP contribution in [0.4, 0.5) is 8.78 Å². The van der Waals surface area contributed by atoms with Crippen LogP contribution in [0.25, 0.3) is 11.3 Å². The first-order chi connectivity index (χ1) is 11.8. The maximum atomic E-state index is 13.4. The van der Waals surface area contributed by atoms with Gasteiger partial charge in [-0.3, -0.25) is 4.98 Å². The van der Waals surface area contributed by atoms with E-state index in [1.807, 2.05) is 6.92 Å². The quantitative estimate of drug-likeness (QED) is 0.775. The molecule has 0 fully saturated rings. The highest BCUT2D eigenvalue weighted by atomic mass is 19.1. The molecular weight excluding hydrogens is 324 g/mol. The zero-order valence-electron chi connectivity index (χ0n) is 14.9. The minimum absolute atomic E-state index is 0.205. The molecule has 0 spiro atoms.